The molecule has 0 radical (unpaired) electrons. The summed E-state index contributed by atoms with van der Waals surface area (Å²) in [4.78, 5) is 10.6. The molecule has 1 aliphatic heterocycles. The molecule has 0 aliphatic carbocycles. The third kappa shape index (κ3) is 2.56. The Hall–Kier alpha value is -3.00. The molecule has 0 bridgehead atoms. The van der Waals surface area contributed by atoms with E-state index < -0.39 is 4.92 Å². The first-order chi connectivity index (χ1) is 11.7. The van der Waals surface area contributed by atoms with Gasteiger partial charge in [-0.3, -0.25) is 10.1 Å². The summed E-state index contributed by atoms with van der Waals surface area (Å²) in [5.74, 6) is 1.24. The van der Waals surface area contributed by atoms with Gasteiger partial charge in [0.1, 0.15) is 0 Å². The normalized spacial score (nSPS) is 13.2. The zero-order chi connectivity index (χ0) is 16.5. The average Bonchev–Trinajstić information content (AvgIpc) is 3.05. The lowest BCUT2D eigenvalue weighted by Gasteiger charge is -2.13. The topological polar surface area (TPSA) is 86.2 Å². The maximum absolute atomic E-state index is 11.0. The molecule has 2 heterocycles. The Balaban J connectivity index is 1.78. The van der Waals surface area contributed by atoms with Crippen molar-refractivity contribution in [3.8, 4) is 11.4 Å². The summed E-state index contributed by atoms with van der Waals surface area (Å²) >= 11 is 1.51. The summed E-state index contributed by atoms with van der Waals surface area (Å²) in [7, 11) is 0. The van der Waals surface area contributed by atoms with Crippen molar-refractivity contribution < 1.29 is 4.92 Å². The van der Waals surface area contributed by atoms with Crippen LogP contribution in [0.15, 0.2) is 64.9 Å². The largest absolute Gasteiger partial charge is 0.270 e. The fourth-order valence-electron chi connectivity index (χ4n) is 2.44. The molecule has 1 aliphatic rings. The van der Waals surface area contributed by atoms with Gasteiger partial charge in [0.25, 0.3) is 5.69 Å². The molecule has 4 rings (SSSR count). The Morgan fingerprint density at radius 1 is 1.04 bits per heavy atom. The first-order valence-electron chi connectivity index (χ1n) is 7.19. The van der Waals surface area contributed by atoms with Gasteiger partial charge in [0.2, 0.25) is 5.16 Å². The number of nitro groups is 1. The molecule has 24 heavy (non-hydrogen) atoms. The number of benzene rings is 2. The third-order valence-electron chi connectivity index (χ3n) is 3.59. The summed E-state index contributed by atoms with van der Waals surface area (Å²) in [6, 6.07) is 16.2. The van der Waals surface area contributed by atoms with Crippen LogP contribution in [0.5, 0.6) is 0 Å². The SMILES string of the molecule is O=[N+]([O-])c1cccc(C2=Nn3c(nnc3-c3ccccc3)SC2)c1. The van der Waals surface area contributed by atoms with Crippen LogP contribution < -0.4 is 0 Å². The summed E-state index contributed by atoms with van der Waals surface area (Å²) in [6.45, 7) is 0. The van der Waals surface area contributed by atoms with E-state index in [-0.39, 0.29) is 5.69 Å². The molecule has 0 spiro atoms. The molecule has 0 amide bonds. The lowest BCUT2D eigenvalue weighted by molar-refractivity contribution is -0.384. The highest BCUT2D eigenvalue weighted by Crippen LogP contribution is 2.28. The number of hydrogen-bond donors (Lipinski definition) is 0. The Labute approximate surface area is 141 Å². The van der Waals surface area contributed by atoms with Crippen molar-refractivity contribution in [1.82, 2.24) is 14.9 Å². The predicted molar refractivity (Wildman–Crippen MR) is 91.2 cm³/mol. The van der Waals surface area contributed by atoms with Gasteiger partial charge in [-0.25, -0.2) is 0 Å². The van der Waals surface area contributed by atoms with Crippen molar-refractivity contribution in [2.75, 3.05) is 5.75 Å². The molecule has 0 fully saturated rings. The smallest absolute Gasteiger partial charge is 0.258 e. The zero-order valence-corrected chi connectivity index (χ0v) is 13.2. The van der Waals surface area contributed by atoms with Gasteiger partial charge >= 0.3 is 0 Å². The molecule has 0 N–H and O–H groups in total. The maximum atomic E-state index is 11.0. The van der Waals surface area contributed by atoms with Gasteiger partial charge < -0.3 is 0 Å². The molecule has 7 nitrogen and oxygen atoms in total. The third-order valence-corrected chi connectivity index (χ3v) is 4.52. The standard InChI is InChI=1S/C16H11N5O2S/c22-21(23)13-8-4-7-12(9-13)14-10-24-16-18-17-15(20(16)19-14)11-5-2-1-3-6-11/h1-9H,10H2. The Kier molecular flexibility index (Phi) is 3.58. The molecule has 0 unspecified atom stereocenters. The fraction of sp³-hybridized carbons (Fsp3) is 0.0625. The molecule has 0 saturated carbocycles. The number of nitro benzene ring substituents is 1. The molecule has 0 saturated heterocycles. The lowest BCUT2D eigenvalue weighted by atomic mass is 10.1. The van der Waals surface area contributed by atoms with Crippen LogP contribution in [0.2, 0.25) is 0 Å². The summed E-state index contributed by atoms with van der Waals surface area (Å²) in [5.41, 5.74) is 2.46. The van der Waals surface area contributed by atoms with Gasteiger partial charge in [0.05, 0.1) is 10.6 Å². The highest BCUT2D eigenvalue weighted by atomic mass is 32.2. The summed E-state index contributed by atoms with van der Waals surface area (Å²) < 4.78 is 1.69. The van der Waals surface area contributed by atoms with Crippen molar-refractivity contribution in [2.24, 2.45) is 5.10 Å². The van der Waals surface area contributed by atoms with E-state index in [9.17, 15) is 10.1 Å². The number of hydrogen-bond acceptors (Lipinski definition) is 6. The van der Waals surface area contributed by atoms with Gasteiger partial charge in [0.15, 0.2) is 5.82 Å². The Bertz CT molecular complexity index is 952. The number of non-ortho nitro benzene ring substituents is 1. The van der Waals surface area contributed by atoms with Crippen molar-refractivity contribution in [2.45, 2.75) is 5.16 Å². The zero-order valence-electron chi connectivity index (χ0n) is 12.4. The van der Waals surface area contributed by atoms with Gasteiger partial charge in [-0.05, 0) is 0 Å². The average molecular weight is 337 g/mol. The minimum Gasteiger partial charge on any atom is -0.258 e. The second-order valence-electron chi connectivity index (χ2n) is 5.13. The Morgan fingerprint density at radius 3 is 2.62 bits per heavy atom. The van der Waals surface area contributed by atoms with Crippen LogP contribution in [0.4, 0.5) is 5.69 Å². The molecule has 2 aromatic carbocycles. The van der Waals surface area contributed by atoms with E-state index in [1.807, 2.05) is 36.4 Å². The van der Waals surface area contributed by atoms with Crippen molar-refractivity contribution in [3.05, 3.63) is 70.3 Å². The van der Waals surface area contributed by atoms with Crippen molar-refractivity contribution in [3.63, 3.8) is 0 Å². The monoisotopic (exact) mass is 337 g/mol. The van der Waals surface area contributed by atoms with Crippen LogP contribution in [0.1, 0.15) is 5.56 Å². The number of thioether (sulfide) groups is 1. The van der Waals surface area contributed by atoms with Crippen LogP contribution in [0.3, 0.4) is 0 Å². The van der Waals surface area contributed by atoms with E-state index in [4.69, 9.17) is 0 Å². The molecule has 8 heteroatoms. The van der Waals surface area contributed by atoms with Gasteiger partial charge in [-0.1, -0.05) is 54.2 Å². The van der Waals surface area contributed by atoms with Gasteiger partial charge in [-0.2, -0.15) is 9.78 Å². The van der Waals surface area contributed by atoms with Crippen LogP contribution >= 0.6 is 11.8 Å². The molecule has 118 valence electrons. The van der Waals surface area contributed by atoms with E-state index in [0.717, 1.165) is 16.8 Å². The molecular formula is C16H11N5O2S. The number of rotatable bonds is 3. The maximum Gasteiger partial charge on any atom is 0.270 e. The number of aromatic nitrogens is 3. The molecule has 0 atom stereocenters. The van der Waals surface area contributed by atoms with Crippen LogP contribution in [0.25, 0.3) is 11.4 Å². The van der Waals surface area contributed by atoms with Crippen molar-refractivity contribution in [1.29, 1.82) is 0 Å². The van der Waals surface area contributed by atoms with Crippen LogP contribution in [-0.2, 0) is 0 Å². The number of nitrogens with zero attached hydrogens (tertiary/aromatic N) is 5. The second kappa shape index (κ2) is 5.89. The first kappa shape index (κ1) is 14.6. The van der Waals surface area contributed by atoms with E-state index in [1.54, 1.807) is 10.7 Å². The van der Waals surface area contributed by atoms with E-state index in [1.165, 1.54) is 23.9 Å². The van der Waals surface area contributed by atoms with Crippen molar-refractivity contribution >= 4 is 23.2 Å². The van der Waals surface area contributed by atoms with Gasteiger partial charge in [0, 0.05) is 29.0 Å². The van der Waals surface area contributed by atoms with Crippen LogP contribution in [-0.4, -0.2) is 31.3 Å². The van der Waals surface area contributed by atoms with Gasteiger partial charge in [-0.15, -0.1) is 10.2 Å². The summed E-state index contributed by atoms with van der Waals surface area (Å²) in [6.07, 6.45) is 0. The first-order valence-corrected chi connectivity index (χ1v) is 8.17. The number of fused-ring (bicyclic) bond motifs is 1. The predicted octanol–water partition coefficient (Wildman–Crippen LogP) is 3.21. The van der Waals surface area contributed by atoms with E-state index in [0.29, 0.717) is 16.7 Å². The van der Waals surface area contributed by atoms with E-state index >= 15 is 0 Å². The van der Waals surface area contributed by atoms with Crippen LogP contribution in [0, 0.1) is 10.1 Å². The fourth-order valence-corrected chi connectivity index (χ4v) is 3.27. The highest BCUT2D eigenvalue weighted by molar-refractivity contribution is 7.99. The minimum absolute atomic E-state index is 0.0537. The quantitative estimate of drug-likeness (QED) is 0.541. The Morgan fingerprint density at radius 2 is 1.83 bits per heavy atom. The second-order valence-corrected chi connectivity index (χ2v) is 6.07. The molecule has 1 aromatic heterocycles. The highest BCUT2D eigenvalue weighted by Gasteiger charge is 2.21. The molecule has 3 aromatic rings. The summed E-state index contributed by atoms with van der Waals surface area (Å²) in [5, 5.41) is 24.7. The minimum atomic E-state index is -0.403. The molecular weight excluding hydrogens is 326 g/mol. The van der Waals surface area contributed by atoms with E-state index in [2.05, 4.69) is 15.3 Å². The lowest BCUT2D eigenvalue weighted by Crippen LogP contribution is -2.14.